The van der Waals surface area contributed by atoms with Crippen LogP contribution in [0, 0.1) is 6.92 Å². The Balaban J connectivity index is 1.46. The fraction of sp³-hybridized carbons (Fsp3) is 0.455. The van der Waals surface area contributed by atoms with E-state index in [0.29, 0.717) is 12.2 Å². The molecule has 7 heteroatoms. The Labute approximate surface area is 171 Å². The van der Waals surface area contributed by atoms with Crippen LogP contribution in [0.2, 0.25) is 0 Å². The molecule has 0 radical (unpaired) electrons. The molecule has 29 heavy (non-hydrogen) atoms. The zero-order chi connectivity index (χ0) is 20.4. The number of rotatable bonds is 3. The number of nitrogens with zero attached hydrogens (tertiary/aromatic N) is 5. The molecular formula is C22H27N5O2. The summed E-state index contributed by atoms with van der Waals surface area (Å²) in [5, 5.41) is 0. The topological polar surface area (TPSA) is 69.6 Å². The van der Waals surface area contributed by atoms with Gasteiger partial charge < -0.3 is 14.7 Å². The highest BCUT2D eigenvalue weighted by Gasteiger charge is 2.30. The monoisotopic (exact) mass is 393 g/mol. The summed E-state index contributed by atoms with van der Waals surface area (Å²) in [4.78, 5) is 39.3. The first-order valence-electron chi connectivity index (χ1n) is 10.2. The second-order valence-electron chi connectivity index (χ2n) is 7.84. The van der Waals surface area contributed by atoms with Crippen LogP contribution in [0.3, 0.4) is 0 Å². The smallest absolute Gasteiger partial charge is 0.272 e. The van der Waals surface area contributed by atoms with Gasteiger partial charge in [-0.05, 0) is 37.6 Å². The summed E-state index contributed by atoms with van der Waals surface area (Å²) in [5.41, 5.74) is 3.69. The van der Waals surface area contributed by atoms with Gasteiger partial charge in [-0.25, -0.2) is 0 Å². The quantitative estimate of drug-likeness (QED) is 0.799. The highest BCUT2D eigenvalue weighted by molar-refractivity contribution is 5.92. The van der Waals surface area contributed by atoms with E-state index in [1.54, 1.807) is 19.2 Å². The Morgan fingerprint density at radius 2 is 1.83 bits per heavy atom. The van der Waals surface area contributed by atoms with E-state index < -0.39 is 0 Å². The number of piperazine rings is 1. The minimum Gasteiger partial charge on any atom is -0.368 e. The molecule has 2 aliphatic rings. The number of anilines is 1. The van der Waals surface area contributed by atoms with Gasteiger partial charge in [-0.1, -0.05) is 6.07 Å². The average molecular weight is 393 g/mol. The summed E-state index contributed by atoms with van der Waals surface area (Å²) in [6, 6.07) is 9.69. The van der Waals surface area contributed by atoms with Crippen LogP contribution in [-0.2, 0) is 4.79 Å². The lowest BCUT2D eigenvalue weighted by molar-refractivity contribution is -0.129. The van der Waals surface area contributed by atoms with Crippen LogP contribution in [0.25, 0.3) is 0 Å². The van der Waals surface area contributed by atoms with Crippen molar-refractivity contribution >= 4 is 17.5 Å². The van der Waals surface area contributed by atoms with Gasteiger partial charge in [-0.15, -0.1) is 0 Å². The molecule has 4 heterocycles. The molecule has 7 nitrogen and oxygen atoms in total. The molecule has 2 saturated heterocycles. The van der Waals surface area contributed by atoms with E-state index in [2.05, 4.69) is 22.0 Å². The van der Waals surface area contributed by atoms with Gasteiger partial charge >= 0.3 is 0 Å². The Kier molecular flexibility index (Phi) is 5.47. The predicted molar refractivity (Wildman–Crippen MR) is 111 cm³/mol. The first kappa shape index (κ1) is 19.4. The van der Waals surface area contributed by atoms with E-state index in [0.717, 1.165) is 56.2 Å². The van der Waals surface area contributed by atoms with Crippen LogP contribution in [0.4, 0.5) is 5.69 Å². The number of carbonyl (C=O) groups is 2. The third-order valence-corrected chi connectivity index (χ3v) is 5.83. The van der Waals surface area contributed by atoms with Crippen molar-refractivity contribution in [3.8, 4) is 0 Å². The van der Waals surface area contributed by atoms with Crippen molar-refractivity contribution in [1.29, 1.82) is 0 Å². The Morgan fingerprint density at radius 1 is 1.03 bits per heavy atom. The average Bonchev–Trinajstić information content (AvgIpc) is 3.24. The van der Waals surface area contributed by atoms with Crippen LogP contribution >= 0.6 is 0 Å². The van der Waals surface area contributed by atoms with Gasteiger partial charge in [-0.2, -0.15) is 0 Å². The van der Waals surface area contributed by atoms with Gasteiger partial charge in [0.2, 0.25) is 5.91 Å². The van der Waals surface area contributed by atoms with Gasteiger partial charge in [0.25, 0.3) is 5.91 Å². The van der Waals surface area contributed by atoms with Crippen molar-refractivity contribution < 1.29 is 9.59 Å². The number of aryl methyl sites for hydroxylation is 1. The number of aromatic nitrogens is 2. The standard InChI is InChI=1S/C22H27N5O2/c1-16-13-19(26-11-9-25(10-12-26)17(2)28)14-21(24-16)18-6-8-27(15-18)22(29)20-5-3-4-7-23-20/h3-5,7,13-14,18H,6,8-12,15H2,1-2H3/t18-/m1/s1. The van der Waals surface area contributed by atoms with Crippen molar-refractivity contribution in [1.82, 2.24) is 19.8 Å². The maximum absolute atomic E-state index is 12.7. The van der Waals surface area contributed by atoms with Crippen molar-refractivity contribution in [3.63, 3.8) is 0 Å². The molecular weight excluding hydrogens is 366 g/mol. The van der Waals surface area contributed by atoms with Crippen molar-refractivity contribution in [2.45, 2.75) is 26.2 Å². The van der Waals surface area contributed by atoms with Crippen LogP contribution in [-0.4, -0.2) is 70.9 Å². The lowest BCUT2D eigenvalue weighted by Gasteiger charge is -2.36. The van der Waals surface area contributed by atoms with E-state index in [-0.39, 0.29) is 17.7 Å². The Hall–Kier alpha value is -2.96. The lowest BCUT2D eigenvalue weighted by atomic mass is 10.0. The van der Waals surface area contributed by atoms with Crippen LogP contribution in [0.1, 0.15) is 41.1 Å². The molecule has 0 spiro atoms. The molecule has 0 bridgehead atoms. The van der Waals surface area contributed by atoms with E-state index in [1.807, 2.05) is 28.9 Å². The van der Waals surface area contributed by atoms with Crippen LogP contribution in [0.5, 0.6) is 0 Å². The molecule has 2 fully saturated rings. The van der Waals surface area contributed by atoms with Gasteiger partial charge in [0.15, 0.2) is 0 Å². The Morgan fingerprint density at radius 3 is 2.52 bits per heavy atom. The fourth-order valence-electron chi connectivity index (χ4n) is 4.18. The molecule has 152 valence electrons. The molecule has 2 amide bonds. The minimum atomic E-state index is -0.0127. The number of amides is 2. The van der Waals surface area contributed by atoms with Crippen molar-refractivity contribution in [3.05, 3.63) is 53.6 Å². The normalized spacial score (nSPS) is 19.5. The number of carbonyl (C=O) groups excluding carboxylic acids is 2. The largest absolute Gasteiger partial charge is 0.368 e. The zero-order valence-corrected chi connectivity index (χ0v) is 17.0. The summed E-state index contributed by atoms with van der Waals surface area (Å²) in [6.45, 7) is 8.21. The highest BCUT2D eigenvalue weighted by atomic mass is 16.2. The highest BCUT2D eigenvalue weighted by Crippen LogP contribution is 2.30. The molecule has 2 aliphatic heterocycles. The van der Waals surface area contributed by atoms with E-state index in [4.69, 9.17) is 4.98 Å². The minimum absolute atomic E-state index is 0.0127. The summed E-state index contributed by atoms with van der Waals surface area (Å²) in [7, 11) is 0. The van der Waals surface area contributed by atoms with Gasteiger partial charge in [0.05, 0.1) is 0 Å². The molecule has 2 aromatic heterocycles. The fourth-order valence-corrected chi connectivity index (χ4v) is 4.18. The number of hydrogen-bond donors (Lipinski definition) is 0. The van der Waals surface area contributed by atoms with Crippen molar-refractivity contribution in [2.24, 2.45) is 0 Å². The van der Waals surface area contributed by atoms with E-state index >= 15 is 0 Å². The number of hydrogen-bond acceptors (Lipinski definition) is 5. The molecule has 2 aromatic rings. The lowest BCUT2D eigenvalue weighted by Crippen LogP contribution is -2.48. The zero-order valence-electron chi connectivity index (χ0n) is 17.0. The Bertz CT molecular complexity index is 893. The van der Waals surface area contributed by atoms with Gasteiger partial charge in [-0.3, -0.25) is 19.6 Å². The van der Waals surface area contributed by atoms with Gasteiger partial charge in [0, 0.05) is 75.4 Å². The van der Waals surface area contributed by atoms with Gasteiger partial charge in [0.1, 0.15) is 5.69 Å². The summed E-state index contributed by atoms with van der Waals surface area (Å²) in [5.74, 6) is 0.362. The van der Waals surface area contributed by atoms with Crippen LogP contribution in [0.15, 0.2) is 36.5 Å². The third-order valence-electron chi connectivity index (χ3n) is 5.83. The molecule has 0 N–H and O–H groups in total. The molecule has 0 saturated carbocycles. The second-order valence-corrected chi connectivity index (χ2v) is 7.84. The molecule has 0 aliphatic carbocycles. The maximum atomic E-state index is 12.7. The SMILES string of the molecule is CC(=O)N1CCN(c2cc(C)nc([C@@H]3CCN(C(=O)c4ccccn4)C3)c2)CC1. The molecule has 0 unspecified atom stereocenters. The number of pyridine rings is 2. The predicted octanol–water partition coefficient (Wildman–Crippen LogP) is 2.08. The molecule has 0 aromatic carbocycles. The van der Waals surface area contributed by atoms with E-state index in [9.17, 15) is 9.59 Å². The van der Waals surface area contributed by atoms with Crippen molar-refractivity contribution in [2.75, 3.05) is 44.2 Å². The number of likely N-dealkylation sites (tertiary alicyclic amines) is 1. The first-order chi connectivity index (χ1) is 14.0. The molecule has 4 rings (SSSR count). The third kappa shape index (κ3) is 4.23. The van der Waals surface area contributed by atoms with E-state index in [1.165, 1.54) is 0 Å². The summed E-state index contributed by atoms with van der Waals surface area (Å²) in [6.07, 6.45) is 2.56. The molecule has 1 atom stereocenters. The van der Waals surface area contributed by atoms with Crippen LogP contribution < -0.4 is 4.90 Å². The summed E-state index contributed by atoms with van der Waals surface area (Å²) >= 11 is 0. The first-order valence-corrected chi connectivity index (χ1v) is 10.2. The summed E-state index contributed by atoms with van der Waals surface area (Å²) < 4.78 is 0. The maximum Gasteiger partial charge on any atom is 0.272 e. The second kappa shape index (κ2) is 8.19.